The summed E-state index contributed by atoms with van der Waals surface area (Å²) in [4.78, 5) is 0. The number of phenolic OH excluding ortho intramolecular Hbond substituents is 2. The van der Waals surface area contributed by atoms with Crippen LogP contribution in [0, 0.1) is 70.2 Å². The van der Waals surface area contributed by atoms with E-state index in [0.717, 1.165) is 22.3 Å². The number of aryl methyl sites for hydroxylation is 8. The topological polar surface area (TPSA) is 40.5 Å². The number of aromatic hydroxyl groups is 2. The Morgan fingerprint density at radius 2 is 0.780 bits per heavy atom. The Bertz CT molecular complexity index is 1740. The van der Waals surface area contributed by atoms with Crippen LogP contribution in [0.2, 0.25) is 0 Å². The molecule has 0 bridgehead atoms. The molecule has 0 aliphatic rings. The quantitative estimate of drug-likeness (QED) is 0.136. The van der Waals surface area contributed by atoms with Gasteiger partial charge in [-0.25, -0.2) is 0 Å². The van der Waals surface area contributed by atoms with Crippen LogP contribution in [0.1, 0.15) is 95.2 Å². The molecular weight excluding hydrogens is 704 g/mol. The number of hydrogen-bond acceptors (Lipinski definition) is 2. The molecule has 0 aliphatic heterocycles. The maximum absolute atomic E-state index is 9.33. The summed E-state index contributed by atoms with van der Waals surface area (Å²) in [5.41, 5.74) is 11.9. The average Bonchev–Trinajstić information content (AvgIpc) is 3.60. The van der Waals surface area contributed by atoms with Crippen LogP contribution in [0.25, 0.3) is 21.5 Å². The van der Waals surface area contributed by atoms with Crippen molar-refractivity contribution in [3.63, 3.8) is 0 Å². The van der Waals surface area contributed by atoms with E-state index in [1.165, 1.54) is 78.3 Å². The van der Waals surface area contributed by atoms with Gasteiger partial charge in [0, 0.05) is 0 Å². The van der Waals surface area contributed by atoms with Gasteiger partial charge in [0.2, 0.25) is 0 Å². The van der Waals surface area contributed by atoms with Crippen molar-refractivity contribution >= 4 is 28.4 Å². The van der Waals surface area contributed by atoms with Crippen molar-refractivity contribution in [3.05, 3.63) is 155 Å². The molecule has 268 valence electrons. The first kappa shape index (κ1) is 46.8. The van der Waals surface area contributed by atoms with Crippen molar-refractivity contribution in [2.45, 2.75) is 94.9 Å². The van der Waals surface area contributed by atoms with Gasteiger partial charge >= 0.3 is 30.2 Å². The predicted octanol–water partition coefficient (Wildman–Crippen LogP) is 13.1. The molecule has 6 aromatic carbocycles. The van der Waals surface area contributed by atoms with Crippen LogP contribution in [-0.2, 0) is 23.3 Å². The van der Waals surface area contributed by atoms with Crippen molar-refractivity contribution in [3.8, 4) is 11.5 Å². The monoisotopic (exact) mass is 762 g/mol. The van der Waals surface area contributed by atoms with E-state index >= 15 is 0 Å². The van der Waals surface area contributed by atoms with Crippen molar-refractivity contribution in [1.82, 2.24) is 0 Å². The first-order valence-electron chi connectivity index (χ1n) is 16.7. The molecular formula is C46H60O2SiZr-4. The molecule has 0 unspecified atom stereocenters. The van der Waals surface area contributed by atoms with Crippen molar-refractivity contribution in [2.75, 3.05) is 0 Å². The van der Waals surface area contributed by atoms with Gasteiger partial charge in [-0.1, -0.05) is 100 Å². The van der Waals surface area contributed by atoms with Crippen LogP contribution in [0.4, 0.5) is 0 Å². The van der Waals surface area contributed by atoms with Crippen LogP contribution < -0.4 is 0 Å². The third-order valence-corrected chi connectivity index (χ3v) is 8.37. The zero-order valence-electron chi connectivity index (χ0n) is 33.1. The second-order valence-electron chi connectivity index (χ2n) is 13.6. The summed E-state index contributed by atoms with van der Waals surface area (Å²) in [5.74, 6) is 2.08. The summed E-state index contributed by atoms with van der Waals surface area (Å²) in [7, 11) is 0. The molecule has 0 saturated heterocycles. The van der Waals surface area contributed by atoms with Crippen LogP contribution in [-0.4, -0.2) is 17.1 Å². The van der Waals surface area contributed by atoms with Crippen molar-refractivity contribution < 1.29 is 33.5 Å². The fourth-order valence-electron chi connectivity index (χ4n) is 6.17. The molecule has 2 radical (unpaired) electrons. The van der Waals surface area contributed by atoms with Gasteiger partial charge in [-0.2, -0.15) is 12.1 Å². The Hall–Kier alpha value is -3.20. The van der Waals surface area contributed by atoms with E-state index < -0.39 is 0 Å². The number of rotatable bonds is 2. The van der Waals surface area contributed by atoms with E-state index in [4.69, 9.17) is 0 Å². The molecule has 0 saturated carbocycles. The van der Waals surface area contributed by atoms with Gasteiger partial charge in [0.1, 0.15) is 11.5 Å². The first-order valence-corrected chi connectivity index (χ1v) is 20.9. The number of phenols is 2. The fourth-order valence-corrected chi connectivity index (χ4v) is 6.17. The van der Waals surface area contributed by atoms with E-state index in [1.807, 2.05) is 65.8 Å². The molecule has 4 heteroatoms. The van der Waals surface area contributed by atoms with E-state index in [9.17, 15) is 10.2 Å². The standard InChI is InChI=1S/2C13H15.2C9H12O.2CH3.Si.Zr/c2*1-9(2)12-6-4-5-11-7-10(3)8-13(11)12;2*1-6-4-7(2)9(10)8(3)5-6;;;;/h2*4-9H,1-3H3;2*4-5,10H,1-3H3;2*1H3;;/q2*-1;;;2*-1;;. The van der Waals surface area contributed by atoms with Gasteiger partial charge in [0.15, 0.2) is 0 Å². The predicted molar refractivity (Wildman–Crippen MR) is 220 cm³/mol. The Morgan fingerprint density at radius 3 is 1.04 bits per heavy atom. The van der Waals surface area contributed by atoms with E-state index in [-0.39, 0.29) is 14.9 Å². The molecule has 50 heavy (non-hydrogen) atoms. The summed E-state index contributed by atoms with van der Waals surface area (Å²) in [6.07, 6.45) is 0. The van der Waals surface area contributed by atoms with Gasteiger partial charge in [-0.05, 0) is 75.6 Å². The first-order chi connectivity index (χ1) is 22.6. The summed E-state index contributed by atoms with van der Waals surface area (Å²) in [5, 5.41) is 24.3. The van der Waals surface area contributed by atoms with Crippen LogP contribution >= 0.6 is 0 Å². The van der Waals surface area contributed by atoms with E-state index in [1.54, 1.807) is 0 Å². The summed E-state index contributed by atoms with van der Waals surface area (Å²) in [6.45, 7) is 28.1. The van der Waals surface area contributed by atoms with Gasteiger partial charge in [-0.15, -0.1) is 69.1 Å². The van der Waals surface area contributed by atoms with Crippen molar-refractivity contribution in [2.24, 2.45) is 0 Å². The molecule has 0 heterocycles. The number of hydrogen-bond donors (Lipinski definition) is 2. The molecule has 0 aliphatic carbocycles. The maximum atomic E-state index is 9.33. The fraction of sp³-hybridized carbons (Fsp3) is 0.304. The van der Waals surface area contributed by atoms with Crippen molar-refractivity contribution in [1.29, 1.82) is 0 Å². The number of fused-ring (bicyclic) bond motifs is 2. The van der Waals surface area contributed by atoms with Crippen LogP contribution in [0.5, 0.6) is 11.5 Å². The molecule has 2 nitrogen and oxygen atoms in total. The summed E-state index contributed by atoms with van der Waals surface area (Å²) >= 11 is 1.36. The zero-order chi connectivity index (χ0) is 36.3. The third-order valence-electron chi connectivity index (χ3n) is 8.37. The van der Waals surface area contributed by atoms with E-state index in [2.05, 4.69) is 109 Å². The Morgan fingerprint density at radius 1 is 0.500 bits per heavy atom. The van der Waals surface area contributed by atoms with Crippen LogP contribution in [0.3, 0.4) is 0 Å². The minimum absolute atomic E-state index is 0. The minimum atomic E-state index is 0. The van der Waals surface area contributed by atoms with Gasteiger partial charge < -0.3 is 25.1 Å². The number of benzene rings is 4. The van der Waals surface area contributed by atoms with Crippen LogP contribution in [0.15, 0.2) is 84.9 Å². The summed E-state index contributed by atoms with van der Waals surface area (Å²) in [6, 6.07) is 30.1. The molecule has 6 aromatic rings. The third kappa shape index (κ3) is 13.2. The average molecular weight is 764 g/mol. The zero-order valence-corrected chi connectivity index (χ0v) is 36.6. The SMILES string of the molecule is Cc1cc(C)c(O)c(C)c1.Cc1cc(C)c(O)c(C)c1.Cc1cc2c(C(C)C)cccc2[cH-]1.Cc1cc2c(C(C)C)cccc2[cH-]1.[CH3-].[CH3-].[Si]=[Zr]. The Kier molecular flexibility index (Phi) is 20.5. The van der Waals surface area contributed by atoms with Gasteiger partial charge in [-0.3, -0.25) is 0 Å². The Balaban J connectivity index is 0.000000626. The van der Waals surface area contributed by atoms with Gasteiger partial charge in [0.25, 0.3) is 0 Å². The molecule has 0 atom stereocenters. The summed E-state index contributed by atoms with van der Waals surface area (Å²) < 4.78 is 0. The molecule has 6 rings (SSSR count). The van der Waals surface area contributed by atoms with Gasteiger partial charge in [0.05, 0.1) is 0 Å². The molecule has 0 spiro atoms. The molecule has 0 fully saturated rings. The normalized spacial score (nSPS) is 9.94. The van der Waals surface area contributed by atoms with E-state index in [0.29, 0.717) is 23.3 Å². The molecule has 0 aromatic heterocycles. The second-order valence-corrected chi connectivity index (χ2v) is 13.6. The Labute approximate surface area is 321 Å². The molecule has 2 N–H and O–H groups in total. The molecule has 0 amide bonds. The second kappa shape index (κ2) is 21.9.